The van der Waals surface area contributed by atoms with Crippen LogP contribution in [-0.2, 0) is 9.53 Å². The Morgan fingerprint density at radius 2 is 2.00 bits per heavy atom. The number of carbonyl (C=O) groups excluding carboxylic acids is 1. The molecule has 0 unspecified atom stereocenters. The van der Waals surface area contributed by atoms with Gasteiger partial charge < -0.3 is 19.9 Å². The van der Waals surface area contributed by atoms with Crippen LogP contribution in [0.4, 0.5) is 14.5 Å². The van der Waals surface area contributed by atoms with Crippen molar-refractivity contribution in [3.8, 4) is 0 Å². The van der Waals surface area contributed by atoms with Gasteiger partial charge in [0.25, 0.3) is 0 Å². The Hall–Kier alpha value is -1.73. The third-order valence-corrected chi connectivity index (χ3v) is 4.06. The molecule has 2 heterocycles. The van der Waals surface area contributed by atoms with Crippen molar-refractivity contribution >= 4 is 11.6 Å². The highest BCUT2D eigenvalue weighted by molar-refractivity contribution is 5.82. The van der Waals surface area contributed by atoms with Crippen LogP contribution in [-0.4, -0.2) is 62.8 Å². The fraction of sp³-hybridized carbons (Fsp3) is 0.533. The molecule has 1 amide bonds. The van der Waals surface area contributed by atoms with Crippen LogP contribution in [0.3, 0.4) is 0 Å². The lowest BCUT2D eigenvalue weighted by molar-refractivity contribution is -0.136. The normalized spacial score (nSPS) is 22.7. The van der Waals surface area contributed by atoms with Crippen LogP contribution in [0.2, 0.25) is 0 Å². The van der Waals surface area contributed by atoms with Crippen molar-refractivity contribution in [1.29, 1.82) is 0 Å². The van der Waals surface area contributed by atoms with Crippen LogP contribution in [0.1, 0.15) is 0 Å². The molecule has 2 aliphatic heterocycles. The van der Waals surface area contributed by atoms with Crippen molar-refractivity contribution < 1.29 is 18.3 Å². The van der Waals surface area contributed by atoms with Gasteiger partial charge in [-0.1, -0.05) is 0 Å². The third-order valence-electron chi connectivity index (χ3n) is 4.06. The van der Waals surface area contributed by atoms with Crippen molar-refractivity contribution in [2.24, 2.45) is 0 Å². The minimum Gasteiger partial charge on any atom is -0.378 e. The van der Waals surface area contributed by atoms with Crippen LogP contribution >= 0.6 is 0 Å². The standard InChI is InChI=1S/C15H19F2N3O2/c16-11-1-2-12(17)14(9-11)19-4-6-20(7-5-19)15(21)13-10-22-8-3-18-13/h1-2,9,13,18H,3-8,10H2/t13-/m1/s1. The number of benzene rings is 1. The number of nitrogens with zero attached hydrogens (tertiary/aromatic N) is 2. The van der Waals surface area contributed by atoms with E-state index >= 15 is 0 Å². The molecule has 1 aromatic rings. The van der Waals surface area contributed by atoms with Crippen LogP contribution in [0.25, 0.3) is 0 Å². The molecule has 3 rings (SSSR count). The fourth-order valence-electron chi connectivity index (χ4n) is 2.84. The maximum Gasteiger partial charge on any atom is 0.242 e. The van der Waals surface area contributed by atoms with Crippen molar-refractivity contribution in [3.05, 3.63) is 29.8 Å². The van der Waals surface area contributed by atoms with Crippen LogP contribution in [0.5, 0.6) is 0 Å². The second-order valence-corrected chi connectivity index (χ2v) is 5.49. The van der Waals surface area contributed by atoms with Gasteiger partial charge in [0.15, 0.2) is 0 Å². The highest BCUT2D eigenvalue weighted by Crippen LogP contribution is 2.22. The maximum absolute atomic E-state index is 13.8. The zero-order chi connectivity index (χ0) is 15.5. The summed E-state index contributed by atoms with van der Waals surface area (Å²) in [5, 5.41) is 3.14. The average molecular weight is 311 g/mol. The maximum atomic E-state index is 13.8. The summed E-state index contributed by atoms with van der Waals surface area (Å²) in [7, 11) is 0. The van der Waals surface area contributed by atoms with Gasteiger partial charge in [0.05, 0.1) is 18.9 Å². The number of anilines is 1. The summed E-state index contributed by atoms with van der Waals surface area (Å²) < 4.78 is 32.4. The molecule has 0 saturated carbocycles. The highest BCUT2D eigenvalue weighted by Gasteiger charge is 2.29. The number of nitrogens with one attached hydrogen (secondary N) is 1. The molecule has 1 N–H and O–H groups in total. The third kappa shape index (κ3) is 3.20. The van der Waals surface area contributed by atoms with Gasteiger partial charge in [-0.05, 0) is 12.1 Å². The molecule has 7 heteroatoms. The molecule has 2 fully saturated rings. The number of rotatable bonds is 2. The van der Waals surface area contributed by atoms with Gasteiger partial charge in [-0.2, -0.15) is 0 Å². The van der Waals surface area contributed by atoms with E-state index < -0.39 is 11.6 Å². The number of piperazine rings is 1. The van der Waals surface area contributed by atoms with Crippen molar-refractivity contribution in [2.45, 2.75) is 6.04 Å². The van der Waals surface area contributed by atoms with E-state index in [2.05, 4.69) is 5.32 Å². The van der Waals surface area contributed by atoms with Crippen LogP contribution < -0.4 is 10.2 Å². The smallest absolute Gasteiger partial charge is 0.242 e. The van der Waals surface area contributed by atoms with Gasteiger partial charge in [0.1, 0.15) is 17.7 Å². The second-order valence-electron chi connectivity index (χ2n) is 5.49. The second kappa shape index (κ2) is 6.58. The average Bonchev–Trinajstić information content (AvgIpc) is 2.57. The Kier molecular flexibility index (Phi) is 4.54. The van der Waals surface area contributed by atoms with Gasteiger partial charge in [0.2, 0.25) is 5.91 Å². The number of ether oxygens (including phenoxy) is 1. The summed E-state index contributed by atoms with van der Waals surface area (Å²) in [6, 6.07) is 3.13. The number of morpholine rings is 1. The molecule has 22 heavy (non-hydrogen) atoms. The Bertz CT molecular complexity index is 542. The summed E-state index contributed by atoms with van der Waals surface area (Å²) in [5.41, 5.74) is 0.256. The van der Waals surface area contributed by atoms with Gasteiger partial charge in [-0.15, -0.1) is 0 Å². The van der Waals surface area contributed by atoms with Gasteiger partial charge in [-0.25, -0.2) is 8.78 Å². The zero-order valence-corrected chi connectivity index (χ0v) is 12.2. The van der Waals surface area contributed by atoms with E-state index in [-0.39, 0.29) is 17.6 Å². The van der Waals surface area contributed by atoms with Crippen LogP contribution in [0, 0.1) is 11.6 Å². The van der Waals surface area contributed by atoms with E-state index in [1.54, 1.807) is 9.80 Å². The summed E-state index contributed by atoms with van der Waals surface area (Å²) >= 11 is 0. The Morgan fingerprint density at radius 1 is 1.23 bits per heavy atom. The largest absolute Gasteiger partial charge is 0.378 e. The quantitative estimate of drug-likeness (QED) is 0.869. The molecule has 0 spiro atoms. The van der Waals surface area contributed by atoms with Crippen molar-refractivity contribution in [1.82, 2.24) is 10.2 Å². The fourth-order valence-corrected chi connectivity index (χ4v) is 2.84. The number of halogens is 2. The van der Waals surface area contributed by atoms with E-state index in [0.717, 1.165) is 12.1 Å². The lowest BCUT2D eigenvalue weighted by Gasteiger charge is -2.38. The lowest BCUT2D eigenvalue weighted by atomic mass is 10.2. The van der Waals surface area contributed by atoms with Crippen molar-refractivity contribution in [2.75, 3.05) is 50.8 Å². The molecule has 0 bridgehead atoms. The minimum absolute atomic E-state index is 0.0130. The number of hydrogen-bond acceptors (Lipinski definition) is 4. The van der Waals surface area contributed by atoms with Gasteiger partial charge in [-0.3, -0.25) is 4.79 Å². The first-order valence-electron chi connectivity index (χ1n) is 7.45. The summed E-state index contributed by atoms with van der Waals surface area (Å²) in [6.07, 6.45) is 0. The molecule has 5 nitrogen and oxygen atoms in total. The highest BCUT2D eigenvalue weighted by atomic mass is 19.1. The van der Waals surface area contributed by atoms with E-state index in [1.165, 1.54) is 6.07 Å². The van der Waals surface area contributed by atoms with Gasteiger partial charge >= 0.3 is 0 Å². The molecule has 0 radical (unpaired) electrons. The molecule has 0 aromatic heterocycles. The van der Waals surface area contributed by atoms with E-state index in [9.17, 15) is 13.6 Å². The summed E-state index contributed by atoms with van der Waals surface area (Å²) in [4.78, 5) is 15.9. The number of hydrogen-bond donors (Lipinski definition) is 1. The Labute approximate surface area is 127 Å². The van der Waals surface area contributed by atoms with Crippen molar-refractivity contribution in [3.63, 3.8) is 0 Å². The molecule has 2 aliphatic rings. The van der Waals surface area contributed by atoms with Crippen LogP contribution in [0.15, 0.2) is 18.2 Å². The SMILES string of the molecule is O=C([C@H]1COCCN1)N1CCN(c2cc(F)ccc2F)CC1. The topological polar surface area (TPSA) is 44.8 Å². The first-order chi connectivity index (χ1) is 10.6. The van der Waals surface area contributed by atoms with E-state index in [4.69, 9.17) is 4.74 Å². The molecule has 2 saturated heterocycles. The summed E-state index contributed by atoms with van der Waals surface area (Å²) in [5.74, 6) is -0.888. The van der Waals surface area contributed by atoms with E-state index in [1.807, 2.05) is 0 Å². The lowest BCUT2D eigenvalue weighted by Crippen LogP contribution is -2.57. The Morgan fingerprint density at radius 3 is 2.68 bits per heavy atom. The number of carbonyl (C=O) groups is 1. The first kappa shape index (κ1) is 15.2. The van der Waals surface area contributed by atoms with E-state index in [0.29, 0.717) is 45.9 Å². The predicted molar refractivity (Wildman–Crippen MR) is 77.8 cm³/mol. The molecular formula is C15H19F2N3O2. The first-order valence-corrected chi connectivity index (χ1v) is 7.45. The minimum atomic E-state index is -0.460. The monoisotopic (exact) mass is 311 g/mol. The van der Waals surface area contributed by atoms with Gasteiger partial charge in [0, 0.05) is 38.8 Å². The zero-order valence-electron chi connectivity index (χ0n) is 12.2. The molecule has 120 valence electrons. The molecule has 1 atom stereocenters. The number of amides is 1. The molecule has 1 aromatic carbocycles. The molecule has 0 aliphatic carbocycles. The summed E-state index contributed by atoms with van der Waals surface area (Å²) in [6.45, 7) is 3.64. The predicted octanol–water partition coefficient (Wildman–Crippen LogP) is 0.602. The molecular weight excluding hydrogens is 292 g/mol. The Balaban J connectivity index is 1.60.